The lowest BCUT2D eigenvalue weighted by Crippen LogP contribution is -1.79. The topological polar surface area (TPSA) is 23.8 Å². The smallest absolute Gasteiger partial charge is 0.0912 e. The largest absolute Gasteiger partial charge is 0.193 e. The molecule has 0 bridgehead atoms. The predicted molar refractivity (Wildman–Crippen MR) is 66.3 cm³/mol. The van der Waals surface area contributed by atoms with Crippen LogP contribution in [0.5, 0.6) is 0 Å². The molecule has 1 nitrogen and oxygen atoms in total. The number of rotatable bonds is 1. The molecule has 0 aliphatic rings. The molecule has 2 aromatic carbocycles. The van der Waals surface area contributed by atoms with Gasteiger partial charge in [0, 0.05) is 10.5 Å². The number of benzene rings is 2. The minimum absolute atomic E-state index is 1.02. The fraction of sp³-hybridized carbons (Fsp3) is 0. The average molecular weight is 258 g/mol. The van der Waals surface area contributed by atoms with Crippen molar-refractivity contribution in [1.29, 1.82) is 5.26 Å². The van der Waals surface area contributed by atoms with Crippen molar-refractivity contribution in [3.63, 3.8) is 0 Å². The number of nitriles is 1. The summed E-state index contributed by atoms with van der Waals surface area (Å²) in [5, 5.41) is 10.8. The highest BCUT2D eigenvalue weighted by Gasteiger charge is 2.01. The van der Waals surface area contributed by atoms with Gasteiger partial charge in [-0.15, -0.1) is 0 Å². The van der Waals surface area contributed by atoms with E-state index in [-0.39, 0.29) is 0 Å². The molecule has 2 aromatic rings. The maximum Gasteiger partial charge on any atom is 0.0912 e. The van der Waals surface area contributed by atoms with Gasteiger partial charge in [-0.1, -0.05) is 36.4 Å². The van der Waals surface area contributed by atoms with Crippen LogP contribution < -0.4 is 0 Å². The van der Waals surface area contributed by atoms with Gasteiger partial charge in [0.05, 0.1) is 6.07 Å². The number of hydrogen-bond donors (Lipinski definition) is 0. The standard InChI is InChI=1S/C13H8BrN/c14-13-11(5-3-9-15)8-7-10-4-1-2-6-12(10)13/h1-8H/b5-3+. The van der Waals surface area contributed by atoms with Crippen LogP contribution in [-0.2, 0) is 0 Å². The van der Waals surface area contributed by atoms with Crippen molar-refractivity contribution in [3.8, 4) is 6.07 Å². The van der Waals surface area contributed by atoms with Crippen LogP contribution in [0.1, 0.15) is 5.56 Å². The van der Waals surface area contributed by atoms with E-state index in [1.54, 1.807) is 6.08 Å². The summed E-state index contributed by atoms with van der Waals surface area (Å²) in [4.78, 5) is 0. The quantitative estimate of drug-likeness (QED) is 0.705. The Morgan fingerprint density at radius 3 is 2.73 bits per heavy atom. The fourth-order valence-electron chi connectivity index (χ4n) is 1.51. The maximum atomic E-state index is 8.48. The Morgan fingerprint density at radius 1 is 1.13 bits per heavy atom. The number of hydrogen-bond acceptors (Lipinski definition) is 1. The molecular formula is C13H8BrN. The van der Waals surface area contributed by atoms with Crippen LogP contribution in [0.2, 0.25) is 0 Å². The Bertz CT molecular complexity index is 564. The van der Waals surface area contributed by atoms with Crippen LogP contribution >= 0.6 is 15.9 Å². The van der Waals surface area contributed by atoms with Gasteiger partial charge in [-0.3, -0.25) is 0 Å². The predicted octanol–water partition coefficient (Wildman–Crippen LogP) is 4.14. The first-order chi connectivity index (χ1) is 7.33. The van der Waals surface area contributed by atoms with E-state index in [2.05, 4.69) is 34.1 Å². The van der Waals surface area contributed by atoms with Gasteiger partial charge in [0.15, 0.2) is 0 Å². The zero-order valence-electron chi connectivity index (χ0n) is 7.94. The highest BCUT2D eigenvalue weighted by Crippen LogP contribution is 2.28. The Balaban J connectivity index is 2.66. The van der Waals surface area contributed by atoms with Gasteiger partial charge in [-0.2, -0.15) is 5.26 Å². The Hall–Kier alpha value is -1.59. The second kappa shape index (κ2) is 4.29. The summed E-state index contributed by atoms with van der Waals surface area (Å²) in [7, 11) is 0. The number of fused-ring (bicyclic) bond motifs is 1. The molecule has 0 saturated carbocycles. The van der Waals surface area contributed by atoms with Crippen LogP contribution in [0.3, 0.4) is 0 Å². The molecule has 0 fully saturated rings. The summed E-state index contributed by atoms with van der Waals surface area (Å²) in [6.45, 7) is 0. The lowest BCUT2D eigenvalue weighted by Gasteiger charge is -2.03. The van der Waals surface area contributed by atoms with Gasteiger partial charge in [-0.25, -0.2) is 0 Å². The van der Waals surface area contributed by atoms with E-state index in [4.69, 9.17) is 5.26 Å². The normalized spacial score (nSPS) is 10.7. The molecule has 0 N–H and O–H groups in total. The van der Waals surface area contributed by atoms with E-state index in [1.807, 2.05) is 24.3 Å². The molecule has 0 saturated heterocycles. The Morgan fingerprint density at radius 2 is 1.93 bits per heavy atom. The maximum absolute atomic E-state index is 8.48. The average Bonchev–Trinajstić information content (AvgIpc) is 2.29. The van der Waals surface area contributed by atoms with Crippen LogP contribution in [-0.4, -0.2) is 0 Å². The fourth-order valence-corrected chi connectivity index (χ4v) is 2.13. The van der Waals surface area contributed by atoms with E-state index in [9.17, 15) is 0 Å². The van der Waals surface area contributed by atoms with Crippen LogP contribution in [0.25, 0.3) is 16.8 Å². The molecule has 0 aliphatic carbocycles. The molecule has 0 aliphatic heterocycles. The van der Waals surface area contributed by atoms with Crippen molar-refractivity contribution in [1.82, 2.24) is 0 Å². The molecule has 0 amide bonds. The van der Waals surface area contributed by atoms with Crippen LogP contribution in [0.4, 0.5) is 0 Å². The summed E-state index contributed by atoms with van der Waals surface area (Å²) in [5.41, 5.74) is 1.02. The number of halogens is 1. The highest BCUT2D eigenvalue weighted by molar-refractivity contribution is 9.10. The van der Waals surface area contributed by atoms with Gasteiger partial charge in [0.25, 0.3) is 0 Å². The lowest BCUT2D eigenvalue weighted by atomic mass is 10.1. The third-order valence-corrected chi connectivity index (χ3v) is 3.12. The van der Waals surface area contributed by atoms with Crippen molar-refractivity contribution in [2.24, 2.45) is 0 Å². The second-order valence-electron chi connectivity index (χ2n) is 3.15. The number of nitrogens with zero attached hydrogens (tertiary/aromatic N) is 1. The van der Waals surface area contributed by atoms with Crippen LogP contribution in [0.15, 0.2) is 46.9 Å². The molecule has 0 aromatic heterocycles. The molecule has 2 heteroatoms. The molecule has 0 radical (unpaired) electrons. The molecule has 72 valence electrons. The molecule has 15 heavy (non-hydrogen) atoms. The first-order valence-corrected chi connectivity index (χ1v) is 5.35. The molecule has 0 heterocycles. The van der Waals surface area contributed by atoms with Crippen molar-refractivity contribution in [2.45, 2.75) is 0 Å². The SMILES string of the molecule is N#C/C=C/c1ccc2ccccc2c1Br. The molecule has 0 unspecified atom stereocenters. The van der Waals surface area contributed by atoms with E-state index in [0.29, 0.717) is 0 Å². The van der Waals surface area contributed by atoms with E-state index in [1.165, 1.54) is 11.5 Å². The van der Waals surface area contributed by atoms with Gasteiger partial charge in [0.2, 0.25) is 0 Å². The molecule has 0 spiro atoms. The van der Waals surface area contributed by atoms with E-state index >= 15 is 0 Å². The summed E-state index contributed by atoms with van der Waals surface area (Å²) < 4.78 is 1.03. The summed E-state index contributed by atoms with van der Waals surface area (Å²) in [5.74, 6) is 0. The van der Waals surface area contributed by atoms with Gasteiger partial charge < -0.3 is 0 Å². The van der Waals surface area contributed by atoms with Gasteiger partial charge in [-0.05, 0) is 38.3 Å². The van der Waals surface area contributed by atoms with E-state index in [0.717, 1.165) is 15.4 Å². The second-order valence-corrected chi connectivity index (χ2v) is 3.95. The monoisotopic (exact) mass is 257 g/mol. The summed E-state index contributed by atoms with van der Waals surface area (Å²) >= 11 is 3.55. The van der Waals surface area contributed by atoms with Gasteiger partial charge >= 0.3 is 0 Å². The first kappa shape index (κ1) is 9.95. The lowest BCUT2D eigenvalue weighted by molar-refractivity contribution is 1.54. The van der Waals surface area contributed by atoms with Crippen molar-refractivity contribution in [3.05, 3.63) is 52.5 Å². The van der Waals surface area contributed by atoms with Gasteiger partial charge in [0.1, 0.15) is 0 Å². The summed E-state index contributed by atoms with van der Waals surface area (Å²) in [6.07, 6.45) is 3.28. The highest BCUT2D eigenvalue weighted by atomic mass is 79.9. The zero-order valence-corrected chi connectivity index (χ0v) is 9.53. The Labute approximate surface area is 96.8 Å². The Kier molecular flexibility index (Phi) is 2.84. The molecular weight excluding hydrogens is 250 g/mol. The number of allylic oxidation sites excluding steroid dienone is 1. The van der Waals surface area contributed by atoms with Crippen LogP contribution in [0, 0.1) is 11.3 Å². The van der Waals surface area contributed by atoms with Crippen molar-refractivity contribution >= 4 is 32.8 Å². The summed E-state index contributed by atoms with van der Waals surface area (Å²) in [6, 6.07) is 14.2. The minimum Gasteiger partial charge on any atom is -0.193 e. The molecule has 2 rings (SSSR count). The molecule has 0 atom stereocenters. The zero-order chi connectivity index (χ0) is 10.7. The third kappa shape index (κ3) is 1.93. The van der Waals surface area contributed by atoms with Crippen molar-refractivity contribution in [2.75, 3.05) is 0 Å². The van der Waals surface area contributed by atoms with Crippen molar-refractivity contribution < 1.29 is 0 Å². The third-order valence-electron chi connectivity index (χ3n) is 2.23. The first-order valence-electron chi connectivity index (χ1n) is 4.56. The van der Waals surface area contributed by atoms with E-state index < -0.39 is 0 Å². The minimum atomic E-state index is 1.02.